The van der Waals surface area contributed by atoms with Crippen LogP contribution in [0.25, 0.3) is 0 Å². The molecule has 3 aromatic rings. The molecule has 1 aliphatic heterocycles. The number of aromatic nitrogens is 2. The minimum Gasteiger partial charge on any atom is -0.494 e. The average Bonchev–Trinajstić information content (AvgIpc) is 3.36. The van der Waals surface area contributed by atoms with Crippen molar-refractivity contribution in [1.82, 2.24) is 9.78 Å². The van der Waals surface area contributed by atoms with Crippen molar-refractivity contribution in [1.29, 1.82) is 0 Å². The van der Waals surface area contributed by atoms with Gasteiger partial charge in [0, 0.05) is 11.2 Å². The molecular formula is C27H31ClN2O7. The van der Waals surface area contributed by atoms with Gasteiger partial charge in [-0.2, -0.15) is 5.10 Å². The smallest absolute Gasteiger partial charge is 0.341 e. The van der Waals surface area contributed by atoms with E-state index < -0.39 is 36.5 Å². The summed E-state index contributed by atoms with van der Waals surface area (Å²) in [6, 6.07) is 13.0. The number of nitrogens with zero attached hydrogens (tertiary/aromatic N) is 2. The molecule has 5 atom stereocenters. The second-order valence-corrected chi connectivity index (χ2v) is 9.25. The molecule has 0 radical (unpaired) electrons. The van der Waals surface area contributed by atoms with Crippen molar-refractivity contribution < 1.29 is 34.3 Å². The van der Waals surface area contributed by atoms with Gasteiger partial charge in [0.1, 0.15) is 36.3 Å². The Balaban J connectivity index is 1.52. The lowest BCUT2D eigenvalue weighted by atomic mass is 9.90. The Morgan fingerprint density at radius 3 is 2.51 bits per heavy atom. The van der Waals surface area contributed by atoms with E-state index in [-0.39, 0.29) is 18.7 Å². The molecule has 9 nitrogen and oxygen atoms in total. The largest absolute Gasteiger partial charge is 0.494 e. The molecule has 0 spiro atoms. The van der Waals surface area contributed by atoms with Gasteiger partial charge in [0.15, 0.2) is 0 Å². The Labute approximate surface area is 220 Å². The minimum absolute atomic E-state index is 0.0491. The molecule has 3 N–H and O–H groups in total. The number of halogens is 1. The number of hydrogen-bond donors (Lipinski definition) is 3. The van der Waals surface area contributed by atoms with Gasteiger partial charge in [0.2, 0.25) is 0 Å². The van der Waals surface area contributed by atoms with Gasteiger partial charge in [-0.3, -0.25) is 4.68 Å². The van der Waals surface area contributed by atoms with Crippen molar-refractivity contribution in [3.8, 4) is 5.75 Å². The molecule has 1 aliphatic rings. The number of rotatable bonds is 9. The minimum atomic E-state index is -1.45. The van der Waals surface area contributed by atoms with Crippen molar-refractivity contribution >= 4 is 17.6 Å². The zero-order chi connectivity index (χ0) is 26.5. The highest BCUT2D eigenvalue weighted by Gasteiger charge is 2.44. The standard InChI is InChI=1S/C27H31ClN2O7/c1-3-35-20-8-5-16(6-9-20)11-18-12-17(7-10-21(18)28)26-25(33)24(32)23(31)22(37-26)15-30-14-19(13-29-30)27(34)36-4-2/h5-10,12-14,22-26,31-33H,3-4,11,15H2,1-2H3/t22-,23+,24-,25-,26+/m1/s1. The topological polar surface area (TPSA) is 123 Å². The van der Waals surface area contributed by atoms with Gasteiger partial charge in [-0.25, -0.2) is 4.79 Å². The maximum atomic E-state index is 11.9. The van der Waals surface area contributed by atoms with Gasteiger partial charge in [-0.1, -0.05) is 35.9 Å². The number of aliphatic hydroxyl groups is 3. The van der Waals surface area contributed by atoms with Crippen LogP contribution in [-0.4, -0.2) is 68.7 Å². The van der Waals surface area contributed by atoms with Gasteiger partial charge >= 0.3 is 5.97 Å². The van der Waals surface area contributed by atoms with E-state index in [0.717, 1.165) is 16.9 Å². The molecule has 4 rings (SSSR count). The van der Waals surface area contributed by atoms with Crippen LogP contribution < -0.4 is 4.74 Å². The summed E-state index contributed by atoms with van der Waals surface area (Å²) in [5.74, 6) is 0.281. The summed E-state index contributed by atoms with van der Waals surface area (Å²) >= 11 is 6.47. The van der Waals surface area contributed by atoms with E-state index in [1.165, 1.54) is 17.1 Å². The van der Waals surface area contributed by atoms with Gasteiger partial charge < -0.3 is 29.5 Å². The quantitative estimate of drug-likeness (QED) is 0.361. The number of benzene rings is 2. The van der Waals surface area contributed by atoms with Crippen LogP contribution in [0.3, 0.4) is 0 Å². The van der Waals surface area contributed by atoms with E-state index in [1.54, 1.807) is 19.1 Å². The first-order valence-electron chi connectivity index (χ1n) is 12.2. The average molecular weight is 531 g/mol. The molecule has 1 saturated heterocycles. The van der Waals surface area contributed by atoms with Crippen LogP contribution in [-0.2, 0) is 22.4 Å². The van der Waals surface area contributed by atoms with Gasteiger partial charge in [0.05, 0.1) is 31.5 Å². The second-order valence-electron chi connectivity index (χ2n) is 8.84. The number of aliphatic hydroxyl groups excluding tert-OH is 3. The molecule has 198 valence electrons. The first-order valence-corrected chi connectivity index (χ1v) is 12.6. The molecule has 0 amide bonds. The first-order chi connectivity index (χ1) is 17.8. The summed E-state index contributed by atoms with van der Waals surface area (Å²) < 4.78 is 18.0. The Morgan fingerprint density at radius 1 is 1.05 bits per heavy atom. The third kappa shape index (κ3) is 6.31. The highest BCUT2D eigenvalue weighted by Crippen LogP contribution is 2.35. The lowest BCUT2D eigenvalue weighted by Crippen LogP contribution is -2.55. The summed E-state index contributed by atoms with van der Waals surface area (Å²) in [5.41, 5.74) is 2.72. The summed E-state index contributed by atoms with van der Waals surface area (Å²) in [6.45, 7) is 4.51. The predicted octanol–water partition coefficient (Wildman–Crippen LogP) is 2.93. The third-order valence-corrected chi connectivity index (χ3v) is 6.62. The van der Waals surface area contributed by atoms with Crippen molar-refractivity contribution in [2.45, 2.75) is 57.3 Å². The van der Waals surface area contributed by atoms with Crippen LogP contribution >= 0.6 is 11.6 Å². The Bertz CT molecular complexity index is 1200. The molecule has 0 bridgehead atoms. The van der Waals surface area contributed by atoms with Crippen molar-refractivity contribution in [2.24, 2.45) is 0 Å². The maximum Gasteiger partial charge on any atom is 0.341 e. The van der Waals surface area contributed by atoms with Gasteiger partial charge in [-0.15, -0.1) is 0 Å². The van der Waals surface area contributed by atoms with Gasteiger partial charge in [-0.05, 0) is 55.2 Å². The van der Waals surface area contributed by atoms with E-state index in [1.807, 2.05) is 37.3 Å². The molecule has 0 unspecified atom stereocenters. The number of esters is 1. The van der Waals surface area contributed by atoms with Crippen LogP contribution in [0.2, 0.25) is 5.02 Å². The van der Waals surface area contributed by atoms with Crippen LogP contribution in [0.1, 0.15) is 47.0 Å². The highest BCUT2D eigenvalue weighted by atomic mass is 35.5. The van der Waals surface area contributed by atoms with Crippen LogP contribution in [0.5, 0.6) is 5.75 Å². The van der Waals surface area contributed by atoms with Gasteiger partial charge in [0.25, 0.3) is 0 Å². The molecule has 0 aliphatic carbocycles. The van der Waals surface area contributed by atoms with Crippen molar-refractivity contribution in [2.75, 3.05) is 13.2 Å². The fraction of sp³-hybridized carbons (Fsp3) is 0.407. The maximum absolute atomic E-state index is 11.9. The third-order valence-electron chi connectivity index (χ3n) is 6.25. The fourth-order valence-corrected chi connectivity index (χ4v) is 4.53. The lowest BCUT2D eigenvalue weighted by Gasteiger charge is -2.41. The van der Waals surface area contributed by atoms with E-state index in [0.29, 0.717) is 23.6 Å². The molecule has 1 aromatic heterocycles. The molecule has 2 aromatic carbocycles. The summed E-state index contributed by atoms with van der Waals surface area (Å²) in [6.07, 6.45) is -2.60. The number of carbonyl (C=O) groups excluding carboxylic acids is 1. The first kappa shape index (κ1) is 27.1. The fourth-order valence-electron chi connectivity index (χ4n) is 4.34. The molecule has 10 heteroatoms. The molecule has 0 saturated carbocycles. The number of hydrogen-bond acceptors (Lipinski definition) is 8. The van der Waals surface area contributed by atoms with E-state index in [2.05, 4.69) is 5.10 Å². The van der Waals surface area contributed by atoms with Crippen LogP contribution in [0, 0.1) is 0 Å². The number of carbonyl (C=O) groups is 1. The Kier molecular flexibility index (Phi) is 8.83. The van der Waals surface area contributed by atoms with Crippen molar-refractivity contribution in [3.63, 3.8) is 0 Å². The Morgan fingerprint density at radius 2 is 1.81 bits per heavy atom. The SMILES string of the molecule is CCOC(=O)c1cnn(C[C@H]2O[C@@H](c3ccc(Cl)c(Cc4ccc(OCC)cc4)c3)[C@H](O)[C@H](O)[C@H]2O)c1. The Hall–Kier alpha value is -2.95. The van der Waals surface area contributed by atoms with E-state index in [4.69, 9.17) is 25.8 Å². The molecule has 2 heterocycles. The summed E-state index contributed by atoms with van der Waals surface area (Å²) in [5, 5.41) is 36.6. The normalized spacial score (nSPS) is 23.6. The number of ether oxygens (including phenoxy) is 3. The van der Waals surface area contributed by atoms with E-state index >= 15 is 0 Å². The summed E-state index contributed by atoms with van der Waals surface area (Å²) in [4.78, 5) is 11.9. The van der Waals surface area contributed by atoms with Crippen LogP contribution in [0.15, 0.2) is 54.9 Å². The monoisotopic (exact) mass is 530 g/mol. The predicted molar refractivity (Wildman–Crippen MR) is 136 cm³/mol. The lowest BCUT2D eigenvalue weighted by molar-refractivity contribution is -0.228. The van der Waals surface area contributed by atoms with Crippen molar-refractivity contribution in [3.05, 3.63) is 82.1 Å². The zero-order valence-corrected chi connectivity index (χ0v) is 21.4. The highest BCUT2D eigenvalue weighted by molar-refractivity contribution is 6.31. The zero-order valence-electron chi connectivity index (χ0n) is 20.7. The second kappa shape index (κ2) is 12.1. The van der Waals surface area contributed by atoms with Crippen LogP contribution in [0.4, 0.5) is 0 Å². The summed E-state index contributed by atoms with van der Waals surface area (Å²) in [7, 11) is 0. The van der Waals surface area contributed by atoms with E-state index in [9.17, 15) is 20.1 Å². The molecular weight excluding hydrogens is 500 g/mol. The molecule has 37 heavy (non-hydrogen) atoms. The molecule has 1 fully saturated rings.